The van der Waals surface area contributed by atoms with Crippen LogP contribution in [0.5, 0.6) is 5.75 Å². The van der Waals surface area contributed by atoms with E-state index in [9.17, 15) is 4.79 Å². The van der Waals surface area contributed by atoms with Gasteiger partial charge < -0.3 is 19.9 Å². The molecule has 2 N–H and O–H groups in total. The Kier molecular flexibility index (Phi) is 3.61. The Bertz CT molecular complexity index is 407. The Morgan fingerprint density at radius 3 is 3.00 bits per heavy atom. The van der Waals surface area contributed by atoms with Crippen LogP contribution in [0.3, 0.4) is 0 Å². The van der Waals surface area contributed by atoms with Gasteiger partial charge in [0.25, 0.3) is 5.91 Å². The molecule has 1 fully saturated rings. The summed E-state index contributed by atoms with van der Waals surface area (Å²) in [5.41, 5.74) is 0.660. The van der Waals surface area contributed by atoms with E-state index in [1.807, 2.05) is 6.92 Å². The highest BCUT2D eigenvalue weighted by molar-refractivity contribution is 5.96. The second-order valence-electron chi connectivity index (χ2n) is 3.85. The van der Waals surface area contributed by atoms with E-state index < -0.39 is 0 Å². The third-order valence-corrected chi connectivity index (χ3v) is 2.43. The van der Waals surface area contributed by atoms with Gasteiger partial charge in [-0.15, -0.1) is 0 Å². The Labute approximate surface area is 99.3 Å². The van der Waals surface area contributed by atoms with Gasteiger partial charge in [0.2, 0.25) is 0 Å². The zero-order valence-electron chi connectivity index (χ0n) is 9.55. The SMILES string of the molecule is C[C@@H]1O[C@H]1C(=O)Nc1cccc(OCCO)c1. The zero-order chi connectivity index (χ0) is 12.3. The fourth-order valence-corrected chi connectivity index (χ4v) is 1.50. The lowest BCUT2D eigenvalue weighted by Gasteiger charge is -2.07. The third kappa shape index (κ3) is 3.18. The second kappa shape index (κ2) is 5.16. The minimum Gasteiger partial charge on any atom is -0.491 e. The van der Waals surface area contributed by atoms with Crippen LogP contribution in [-0.2, 0) is 9.53 Å². The maximum absolute atomic E-state index is 11.6. The topological polar surface area (TPSA) is 71.1 Å². The number of hydrogen-bond donors (Lipinski definition) is 2. The Morgan fingerprint density at radius 1 is 1.59 bits per heavy atom. The van der Waals surface area contributed by atoms with E-state index in [0.29, 0.717) is 11.4 Å². The molecule has 1 heterocycles. The quantitative estimate of drug-likeness (QED) is 0.742. The van der Waals surface area contributed by atoms with Crippen LogP contribution in [-0.4, -0.2) is 36.4 Å². The molecule has 0 radical (unpaired) electrons. The fourth-order valence-electron chi connectivity index (χ4n) is 1.50. The smallest absolute Gasteiger partial charge is 0.256 e. The number of carbonyl (C=O) groups is 1. The number of amides is 1. The molecule has 17 heavy (non-hydrogen) atoms. The lowest BCUT2D eigenvalue weighted by molar-refractivity contribution is -0.117. The molecule has 92 valence electrons. The average Bonchev–Trinajstić information content (AvgIpc) is 3.04. The molecule has 0 unspecified atom stereocenters. The van der Waals surface area contributed by atoms with Gasteiger partial charge in [0.15, 0.2) is 6.10 Å². The predicted octanol–water partition coefficient (Wildman–Crippen LogP) is 0.783. The van der Waals surface area contributed by atoms with Crippen LogP contribution in [0.2, 0.25) is 0 Å². The average molecular weight is 237 g/mol. The first-order valence-corrected chi connectivity index (χ1v) is 5.51. The number of hydrogen-bond acceptors (Lipinski definition) is 4. The molecule has 1 amide bonds. The monoisotopic (exact) mass is 237 g/mol. The summed E-state index contributed by atoms with van der Waals surface area (Å²) in [7, 11) is 0. The number of epoxide rings is 1. The van der Waals surface area contributed by atoms with Gasteiger partial charge in [-0.05, 0) is 19.1 Å². The molecule has 5 heteroatoms. The molecule has 1 aliphatic rings. The van der Waals surface area contributed by atoms with Gasteiger partial charge in [0, 0.05) is 11.8 Å². The first kappa shape index (κ1) is 11.9. The van der Waals surface area contributed by atoms with E-state index in [2.05, 4.69) is 5.32 Å². The molecule has 1 aromatic rings. The van der Waals surface area contributed by atoms with Crippen molar-refractivity contribution in [1.82, 2.24) is 0 Å². The summed E-state index contributed by atoms with van der Waals surface area (Å²) >= 11 is 0. The maximum Gasteiger partial charge on any atom is 0.256 e. The zero-order valence-corrected chi connectivity index (χ0v) is 9.55. The van der Waals surface area contributed by atoms with Crippen molar-refractivity contribution in [3.05, 3.63) is 24.3 Å². The number of ether oxygens (including phenoxy) is 2. The van der Waals surface area contributed by atoms with Crippen molar-refractivity contribution in [2.75, 3.05) is 18.5 Å². The van der Waals surface area contributed by atoms with Gasteiger partial charge in [-0.25, -0.2) is 0 Å². The number of rotatable bonds is 5. The van der Waals surface area contributed by atoms with Crippen LogP contribution in [0, 0.1) is 0 Å². The molecule has 1 saturated heterocycles. The first-order chi connectivity index (χ1) is 8.20. The number of aliphatic hydroxyl groups excluding tert-OH is 1. The highest BCUT2D eigenvalue weighted by Crippen LogP contribution is 2.24. The number of nitrogens with one attached hydrogen (secondary N) is 1. The van der Waals surface area contributed by atoms with Crippen LogP contribution in [0.15, 0.2) is 24.3 Å². The fraction of sp³-hybridized carbons (Fsp3) is 0.417. The summed E-state index contributed by atoms with van der Waals surface area (Å²) in [6.07, 6.45) is -0.333. The maximum atomic E-state index is 11.6. The van der Waals surface area contributed by atoms with Crippen LogP contribution >= 0.6 is 0 Å². The van der Waals surface area contributed by atoms with Crippen molar-refractivity contribution < 1.29 is 19.4 Å². The molecule has 1 aromatic carbocycles. The van der Waals surface area contributed by atoms with E-state index >= 15 is 0 Å². The largest absolute Gasteiger partial charge is 0.491 e. The Balaban J connectivity index is 1.93. The summed E-state index contributed by atoms with van der Waals surface area (Å²) in [4.78, 5) is 11.6. The van der Waals surface area contributed by atoms with Gasteiger partial charge in [-0.2, -0.15) is 0 Å². The summed E-state index contributed by atoms with van der Waals surface area (Å²) in [5.74, 6) is 0.471. The molecular formula is C12H15NO4. The van der Waals surface area contributed by atoms with E-state index in [4.69, 9.17) is 14.6 Å². The number of aliphatic hydroxyl groups is 1. The standard InChI is InChI=1S/C12H15NO4/c1-8-11(17-8)12(15)13-9-3-2-4-10(7-9)16-6-5-14/h2-4,7-8,11,14H,5-6H2,1H3,(H,13,15)/t8-,11+/m0/s1. The second-order valence-corrected chi connectivity index (χ2v) is 3.85. The molecule has 1 aliphatic heterocycles. The van der Waals surface area contributed by atoms with E-state index in [-0.39, 0.29) is 31.3 Å². The number of benzene rings is 1. The van der Waals surface area contributed by atoms with E-state index in [1.54, 1.807) is 24.3 Å². The molecule has 2 rings (SSSR count). The predicted molar refractivity (Wildman–Crippen MR) is 62.0 cm³/mol. The highest BCUT2D eigenvalue weighted by atomic mass is 16.6. The highest BCUT2D eigenvalue weighted by Gasteiger charge is 2.41. The van der Waals surface area contributed by atoms with Crippen molar-refractivity contribution in [3.63, 3.8) is 0 Å². The van der Waals surface area contributed by atoms with Crippen LogP contribution < -0.4 is 10.1 Å². The van der Waals surface area contributed by atoms with Gasteiger partial charge in [0.05, 0.1) is 12.7 Å². The van der Waals surface area contributed by atoms with Gasteiger partial charge in [-0.3, -0.25) is 4.79 Å². The normalized spacial score (nSPS) is 22.0. The van der Waals surface area contributed by atoms with E-state index in [0.717, 1.165) is 0 Å². The van der Waals surface area contributed by atoms with Crippen molar-refractivity contribution in [2.24, 2.45) is 0 Å². The third-order valence-electron chi connectivity index (χ3n) is 2.43. The molecular weight excluding hydrogens is 222 g/mol. The Morgan fingerprint density at radius 2 is 2.35 bits per heavy atom. The number of carbonyl (C=O) groups excluding carboxylic acids is 1. The lowest BCUT2D eigenvalue weighted by atomic mass is 10.2. The molecule has 0 aromatic heterocycles. The molecule has 0 aliphatic carbocycles. The van der Waals surface area contributed by atoms with Crippen LogP contribution in [0.25, 0.3) is 0 Å². The van der Waals surface area contributed by atoms with Crippen molar-refractivity contribution in [1.29, 1.82) is 0 Å². The van der Waals surface area contributed by atoms with Crippen molar-refractivity contribution in [2.45, 2.75) is 19.1 Å². The van der Waals surface area contributed by atoms with Crippen molar-refractivity contribution in [3.8, 4) is 5.75 Å². The Hall–Kier alpha value is -1.59. The molecule has 2 atom stereocenters. The van der Waals surface area contributed by atoms with Gasteiger partial charge in [0.1, 0.15) is 12.4 Å². The summed E-state index contributed by atoms with van der Waals surface area (Å²) in [5, 5.41) is 11.4. The lowest BCUT2D eigenvalue weighted by Crippen LogP contribution is -2.19. The van der Waals surface area contributed by atoms with Crippen molar-refractivity contribution >= 4 is 11.6 Å². The molecule has 0 saturated carbocycles. The minimum atomic E-state index is -0.336. The molecule has 0 spiro atoms. The van der Waals surface area contributed by atoms with Gasteiger partial charge in [-0.1, -0.05) is 6.07 Å². The van der Waals surface area contributed by atoms with Crippen LogP contribution in [0.1, 0.15) is 6.92 Å². The van der Waals surface area contributed by atoms with Crippen LogP contribution in [0.4, 0.5) is 5.69 Å². The van der Waals surface area contributed by atoms with Gasteiger partial charge >= 0.3 is 0 Å². The summed E-state index contributed by atoms with van der Waals surface area (Å²) in [6.45, 7) is 2.05. The minimum absolute atomic E-state index is 0.00354. The number of anilines is 1. The van der Waals surface area contributed by atoms with E-state index in [1.165, 1.54) is 0 Å². The molecule has 0 bridgehead atoms. The first-order valence-electron chi connectivity index (χ1n) is 5.51. The summed E-state index contributed by atoms with van der Waals surface area (Å²) < 4.78 is 10.3. The summed E-state index contributed by atoms with van der Waals surface area (Å²) in [6, 6.07) is 7.03. The molecule has 5 nitrogen and oxygen atoms in total.